The van der Waals surface area contributed by atoms with Crippen LogP contribution in [0.1, 0.15) is 45.1 Å². The third-order valence-electron chi connectivity index (χ3n) is 3.16. The molecule has 1 atom stereocenters. The molecule has 0 saturated carbocycles. The van der Waals surface area contributed by atoms with E-state index in [9.17, 15) is 0 Å². The number of hydrogen-bond acceptors (Lipinski definition) is 1. The average molecular weight is 288 g/mol. The number of unbranched alkanes of at least 4 members (excludes halogenated alkanes) is 2. The second-order valence-corrected chi connectivity index (χ2v) is 5.47. The number of benzene rings is 1. The van der Waals surface area contributed by atoms with E-state index in [-0.39, 0.29) is 0 Å². The van der Waals surface area contributed by atoms with Crippen molar-refractivity contribution in [1.29, 1.82) is 0 Å². The molecule has 0 fully saturated rings. The van der Waals surface area contributed by atoms with E-state index in [4.69, 9.17) is 23.2 Å². The highest BCUT2D eigenvalue weighted by Crippen LogP contribution is 2.26. The Bertz CT molecular complexity index is 332. The standard InChI is InChI=1S/C15H23Cl2N/c1-3-5-6-8-12(18-4-2)11-13-14(16)9-7-10-15(13)17/h7,9-10,12,18H,3-6,8,11H2,1-2H3. The van der Waals surface area contributed by atoms with Crippen molar-refractivity contribution < 1.29 is 0 Å². The molecule has 0 bridgehead atoms. The fourth-order valence-electron chi connectivity index (χ4n) is 2.18. The Labute approximate surface area is 121 Å². The molecule has 1 rings (SSSR count). The minimum absolute atomic E-state index is 0.471. The summed E-state index contributed by atoms with van der Waals surface area (Å²) in [6.07, 6.45) is 5.90. The molecule has 102 valence electrons. The van der Waals surface area contributed by atoms with Crippen LogP contribution in [0.2, 0.25) is 10.0 Å². The van der Waals surface area contributed by atoms with Crippen LogP contribution in [0, 0.1) is 0 Å². The van der Waals surface area contributed by atoms with Gasteiger partial charge in [-0.1, -0.05) is 62.4 Å². The van der Waals surface area contributed by atoms with Crippen LogP contribution in [0.3, 0.4) is 0 Å². The maximum Gasteiger partial charge on any atom is 0.0453 e. The molecule has 0 aliphatic carbocycles. The van der Waals surface area contributed by atoms with Crippen LogP contribution in [-0.4, -0.2) is 12.6 Å². The van der Waals surface area contributed by atoms with Gasteiger partial charge in [-0.15, -0.1) is 0 Å². The molecule has 1 N–H and O–H groups in total. The number of halogens is 2. The number of rotatable bonds is 8. The van der Waals surface area contributed by atoms with Crippen LogP contribution < -0.4 is 5.32 Å². The first kappa shape index (κ1) is 15.8. The monoisotopic (exact) mass is 287 g/mol. The Balaban J connectivity index is 2.64. The maximum absolute atomic E-state index is 6.22. The number of nitrogens with one attached hydrogen (secondary N) is 1. The van der Waals surface area contributed by atoms with E-state index in [0.29, 0.717) is 6.04 Å². The minimum Gasteiger partial charge on any atom is -0.314 e. The van der Waals surface area contributed by atoms with E-state index in [1.54, 1.807) is 0 Å². The molecule has 0 radical (unpaired) electrons. The molecule has 1 aromatic rings. The summed E-state index contributed by atoms with van der Waals surface area (Å²) in [5, 5.41) is 5.08. The Morgan fingerprint density at radius 3 is 2.33 bits per heavy atom. The van der Waals surface area contributed by atoms with Gasteiger partial charge in [0.1, 0.15) is 0 Å². The lowest BCUT2D eigenvalue weighted by atomic mass is 10.00. The Morgan fingerprint density at radius 1 is 1.11 bits per heavy atom. The summed E-state index contributed by atoms with van der Waals surface area (Å²) in [6.45, 7) is 5.35. The lowest BCUT2D eigenvalue weighted by molar-refractivity contribution is 0.467. The Morgan fingerprint density at radius 2 is 1.78 bits per heavy atom. The molecule has 0 aliphatic heterocycles. The second-order valence-electron chi connectivity index (χ2n) is 4.65. The summed E-state index contributed by atoms with van der Waals surface area (Å²) >= 11 is 12.4. The summed E-state index contributed by atoms with van der Waals surface area (Å²) < 4.78 is 0. The number of likely N-dealkylation sites (N-methyl/N-ethyl adjacent to an activating group) is 1. The minimum atomic E-state index is 0.471. The predicted molar refractivity (Wildman–Crippen MR) is 81.8 cm³/mol. The van der Waals surface area contributed by atoms with E-state index in [0.717, 1.165) is 28.6 Å². The Hall–Kier alpha value is -0.240. The zero-order valence-electron chi connectivity index (χ0n) is 11.3. The fraction of sp³-hybridized carbons (Fsp3) is 0.600. The van der Waals surface area contributed by atoms with Crippen LogP contribution in [0.25, 0.3) is 0 Å². The quantitative estimate of drug-likeness (QED) is 0.657. The molecular formula is C15H23Cl2N. The third-order valence-corrected chi connectivity index (χ3v) is 3.87. The van der Waals surface area contributed by atoms with Gasteiger partial charge in [0.2, 0.25) is 0 Å². The lowest BCUT2D eigenvalue weighted by Crippen LogP contribution is -2.31. The molecule has 0 spiro atoms. The van der Waals surface area contributed by atoms with Crippen molar-refractivity contribution in [3.63, 3.8) is 0 Å². The van der Waals surface area contributed by atoms with Gasteiger partial charge in [0.15, 0.2) is 0 Å². The van der Waals surface area contributed by atoms with Crippen molar-refractivity contribution in [2.45, 2.75) is 52.0 Å². The molecule has 0 heterocycles. The maximum atomic E-state index is 6.22. The summed E-state index contributed by atoms with van der Waals surface area (Å²) in [6, 6.07) is 6.20. The molecule has 0 saturated heterocycles. The van der Waals surface area contributed by atoms with Gasteiger partial charge in [0.25, 0.3) is 0 Å². The summed E-state index contributed by atoms with van der Waals surface area (Å²) in [7, 11) is 0. The van der Waals surface area contributed by atoms with E-state index < -0.39 is 0 Å². The van der Waals surface area contributed by atoms with Gasteiger partial charge in [-0.25, -0.2) is 0 Å². The van der Waals surface area contributed by atoms with Gasteiger partial charge in [-0.05, 0) is 37.1 Å². The first-order valence-corrected chi connectivity index (χ1v) is 7.60. The second kappa shape index (κ2) is 8.79. The van der Waals surface area contributed by atoms with Crippen molar-refractivity contribution in [3.8, 4) is 0 Å². The Kier molecular flexibility index (Phi) is 7.73. The van der Waals surface area contributed by atoms with Gasteiger partial charge in [0.05, 0.1) is 0 Å². The fourth-order valence-corrected chi connectivity index (χ4v) is 2.73. The van der Waals surface area contributed by atoms with Crippen LogP contribution in [0.5, 0.6) is 0 Å². The van der Waals surface area contributed by atoms with Crippen molar-refractivity contribution in [1.82, 2.24) is 5.32 Å². The highest BCUT2D eigenvalue weighted by molar-refractivity contribution is 6.35. The zero-order valence-corrected chi connectivity index (χ0v) is 12.8. The highest BCUT2D eigenvalue weighted by Gasteiger charge is 2.13. The van der Waals surface area contributed by atoms with Crippen LogP contribution in [0.4, 0.5) is 0 Å². The van der Waals surface area contributed by atoms with Gasteiger partial charge >= 0.3 is 0 Å². The van der Waals surface area contributed by atoms with Crippen LogP contribution >= 0.6 is 23.2 Å². The molecule has 1 nitrogen and oxygen atoms in total. The molecule has 1 unspecified atom stereocenters. The molecular weight excluding hydrogens is 265 g/mol. The molecule has 0 aromatic heterocycles. The normalized spacial score (nSPS) is 12.7. The van der Waals surface area contributed by atoms with E-state index >= 15 is 0 Å². The predicted octanol–water partition coefficient (Wildman–Crippen LogP) is 5.09. The van der Waals surface area contributed by atoms with E-state index in [1.807, 2.05) is 18.2 Å². The topological polar surface area (TPSA) is 12.0 Å². The smallest absolute Gasteiger partial charge is 0.0453 e. The molecule has 18 heavy (non-hydrogen) atoms. The van der Waals surface area contributed by atoms with Gasteiger partial charge in [-0.2, -0.15) is 0 Å². The largest absolute Gasteiger partial charge is 0.314 e. The van der Waals surface area contributed by atoms with E-state index in [2.05, 4.69) is 19.2 Å². The van der Waals surface area contributed by atoms with Crippen molar-refractivity contribution in [2.75, 3.05) is 6.54 Å². The van der Waals surface area contributed by atoms with Crippen molar-refractivity contribution >= 4 is 23.2 Å². The first-order chi connectivity index (χ1) is 8.69. The van der Waals surface area contributed by atoms with Gasteiger partial charge in [-0.3, -0.25) is 0 Å². The lowest BCUT2D eigenvalue weighted by Gasteiger charge is -2.19. The van der Waals surface area contributed by atoms with E-state index in [1.165, 1.54) is 25.7 Å². The molecule has 1 aromatic carbocycles. The van der Waals surface area contributed by atoms with Crippen molar-refractivity contribution in [2.24, 2.45) is 0 Å². The third kappa shape index (κ3) is 5.17. The van der Waals surface area contributed by atoms with Crippen LogP contribution in [-0.2, 0) is 6.42 Å². The average Bonchev–Trinajstić information content (AvgIpc) is 2.34. The summed E-state index contributed by atoms with van der Waals surface area (Å²) in [5.41, 5.74) is 1.07. The molecule has 3 heteroatoms. The molecule has 0 amide bonds. The van der Waals surface area contributed by atoms with Gasteiger partial charge < -0.3 is 5.32 Å². The zero-order chi connectivity index (χ0) is 13.4. The highest BCUT2D eigenvalue weighted by atomic mass is 35.5. The number of hydrogen-bond donors (Lipinski definition) is 1. The van der Waals surface area contributed by atoms with Crippen molar-refractivity contribution in [3.05, 3.63) is 33.8 Å². The van der Waals surface area contributed by atoms with Gasteiger partial charge in [0, 0.05) is 16.1 Å². The SMILES string of the molecule is CCCCCC(Cc1c(Cl)cccc1Cl)NCC. The molecule has 0 aliphatic rings. The summed E-state index contributed by atoms with van der Waals surface area (Å²) in [5.74, 6) is 0. The first-order valence-electron chi connectivity index (χ1n) is 6.85. The summed E-state index contributed by atoms with van der Waals surface area (Å²) in [4.78, 5) is 0. The van der Waals surface area contributed by atoms with Crippen LogP contribution in [0.15, 0.2) is 18.2 Å².